The first-order chi connectivity index (χ1) is 30.8. The van der Waals surface area contributed by atoms with Gasteiger partial charge in [0.2, 0.25) is 0 Å². The SMILES string of the molecule is C.COC(C)(C)CBr.COc1cc(Br)cn2cc(C)nc12.COc1cc(Br)cnc1N.COc1cc(N)cn2cc(C)nc12.COc1cc(NC(=O)c2cnc(Cl)cn2)cn2cc(C)nc12. The van der Waals surface area contributed by atoms with E-state index >= 15 is 0 Å². The first-order valence-electron chi connectivity index (χ1n) is 19.2. The molecule has 22 heteroatoms. The average Bonchev–Trinajstić information content (AvgIpc) is 3.98. The molecular weight excluding hydrogens is 1070 g/mol. The molecule has 8 heterocycles. The molecule has 8 rings (SSSR count). The second-order valence-electron chi connectivity index (χ2n) is 14.2. The highest BCUT2D eigenvalue weighted by Gasteiger charge is 2.14. The number of nitrogen functional groups attached to an aromatic ring is 2. The zero-order chi connectivity index (χ0) is 48.0. The van der Waals surface area contributed by atoms with E-state index < -0.39 is 0 Å². The number of nitrogens with one attached hydrogen (secondary N) is 1. The van der Waals surface area contributed by atoms with Crippen LogP contribution in [-0.2, 0) is 4.74 Å². The van der Waals surface area contributed by atoms with Gasteiger partial charge in [-0.15, -0.1) is 0 Å². The molecule has 0 saturated carbocycles. The molecular formula is C44H54Br3ClN12O6. The van der Waals surface area contributed by atoms with E-state index in [9.17, 15) is 4.79 Å². The van der Waals surface area contributed by atoms with E-state index in [1.165, 1.54) is 12.4 Å². The zero-order valence-corrected chi connectivity index (χ0v) is 42.9. The van der Waals surface area contributed by atoms with Crippen LogP contribution in [0.15, 0.2) is 89.0 Å². The highest BCUT2D eigenvalue weighted by Crippen LogP contribution is 2.26. The number of carbonyl (C=O) groups excluding carboxylic acids is 1. The lowest BCUT2D eigenvalue weighted by atomic mass is 10.2. The fourth-order valence-electron chi connectivity index (χ4n) is 5.35. The number of halogens is 4. The lowest BCUT2D eigenvalue weighted by Crippen LogP contribution is -2.23. The van der Waals surface area contributed by atoms with Crippen molar-refractivity contribution in [3.8, 4) is 23.0 Å². The number of ether oxygens (including phenoxy) is 5. The molecule has 0 radical (unpaired) electrons. The maximum Gasteiger partial charge on any atom is 0.275 e. The summed E-state index contributed by atoms with van der Waals surface area (Å²) in [7, 11) is 8.07. The van der Waals surface area contributed by atoms with Crippen molar-refractivity contribution in [3.63, 3.8) is 0 Å². The van der Waals surface area contributed by atoms with Crippen molar-refractivity contribution in [1.29, 1.82) is 0 Å². The van der Waals surface area contributed by atoms with Crippen molar-refractivity contribution >= 4 is 99.4 Å². The lowest BCUT2D eigenvalue weighted by molar-refractivity contribution is 0.0451. The molecule has 18 nitrogen and oxygen atoms in total. The predicted molar refractivity (Wildman–Crippen MR) is 271 cm³/mol. The molecule has 0 unspecified atom stereocenters. The number of rotatable bonds is 8. The topological polar surface area (TPSA) is 218 Å². The van der Waals surface area contributed by atoms with Crippen LogP contribution in [0, 0.1) is 20.8 Å². The lowest BCUT2D eigenvalue weighted by Gasteiger charge is -2.18. The van der Waals surface area contributed by atoms with Gasteiger partial charge in [0.05, 0.1) is 74.9 Å². The molecule has 0 atom stereocenters. The largest absolute Gasteiger partial charge is 0.493 e. The number of methoxy groups -OCH3 is 5. The Bertz CT molecular complexity index is 2750. The quantitative estimate of drug-likeness (QED) is 0.121. The first kappa shape index (κ1) is 54.6. The molecule has 0 bridgehead atoms. The Balaban J connectivity index is 0.000000230. The van der Waals surface area contributed by atoms with Crippen molar-refractivity contribution in [2.24, 2.45) is 0 Å². The second kappa shape index (κ2) is 25.2. The van der Waals surface area contributed by atoms with Crippen LogP contribution in [0.5, 0.6) is 23.0 Å². The Hall–Kier alpha value is -5.74. The number of amides is 1. The number of fused-ring (bicyclic) bond motifs is 3. The van der Waals surface area contributed by atoms with Crippen LogP contribution in [-0.4, -0.2) is 95.5 Å². The second-order valence-corrected chi connectivity index (χ2v) is 17.0. The summed E-state index contributed by atoms with van der Waals surface area (Å²) in [6, 6.07) is 7.13. The molecule has 0 spiro atoms. The number of hydrogen-bond acceptors (Lipinski definition) is 14. The highest BCUT2D eigenvalue weighted by atomic mass is 79.9. The summed E-state index contributed by atoms with van der Waals surface area (Å²) in [6.07, 6.45) is 15.5. The summed E-state index contributed by atoms with van der Waals surface area (Å²) in [5.41, 5.74) is 17.6. The number of imidazole rings is 3. The molecule has 66 heavy (non-hydrogen) atoms. The number of carbonyl (C=O) groups is 1. The van der Waals surface area contributed by atoms with Gasteiger partial charge in [-0.05, 0) is 78.6 Å². The van der Waals surface area contributed by atoms with Gasteiger partial charge in [0.25, 0.3) is 5.91 Å². The molecule has 0 aliphatic carbocycles. The van der Waals surface area contributed by atoms with Crippen molar-refractivity contribution in [2.75, 3.05) is 57.7 Å². The van der Waals surface area contributed by atoms with Gasteiger partial charge in [0.15, 0.2) is 45.8 Å². The summed E-state index contributed by atoms with van der Waals surface area (Å²) in [4.78, 5) is 36.8. The zero-order valence-electron chi connectivity index (χ0n) is 37.4. The summed E-state index contributed by atoms with van der Waals surface area (Å²) in [6.45, 7) is 9.83. The molecule has 354 valence electrons. The van der Waals surface area contributed by atoms with Crippen molar-refractivity contribution in [2.45, 2.75) is 47.6 Å². The number of hydrogen-bond donors (Lipinski definition) is 3. The minimum atomic E-state index is -0.387. The van der Waals surface area contributed by atoms with Crippen LogP contribution in [0.2, 0.25) is 5.15 Å². The van der Waals surface area contributed by atoms with E-state index in [1.54, 1.807) is 70.5 Å². The molecule has 8 aromatic heterocycles. The van der Waals surface area contributed by atoms with Crippen LogP contribution in [0.1, 0.15) is 48.8 Å². The Morgan fingerprint density at radius 3 is 1.61 bits per heavy atom. The third kappa shape index (κ3) is 15.4. The van der Waals surface area contributed by atoms with Crippen LogP contribution in [0.4, 0.5) is 17.2 Å². The molecule has 1 amide bonds. The summed E-state index contributed by atoms with van der Waals surface area (Å²) >= 11 is 15.6. The van der Waals surface area contributed by atoms with E-state index in [0.29, 0.717) is 40.1 Å². The Labute approximate surface area is 413 Å². The Morgan fingerprint density at radius 1 is 0.667 bits per heavy atom. The summed E-state index contributed by atoms with van der Waals surface area (Å²) in [5.74, 6) is 2.66. The van der Waals surface area contributed by atoms with Gasteiger partial charge in [0.1, 0.15) is 10.8 Å². The number of alkyl halides is 1. The van der Waals surface area contributed by atoms with E-state index in [4.69, 9.17) is 46.8 Å². The maximum absolute atomic E-state index is 12.1. The maximum atomic E-state index is 12.1. The fraction of sp³-hybridized carbons (Fsp3) is 0.295. The average molecular weight is 1120 g/mol. The van der Waals surface area contributed by atoms with Crippen LogP contribution in [0.25, 0.3) is 16.9 Å². The van der Waals surface area contributed by atoms with Crippen LogP contribution >= 0.6 is 59.4 Å². The molecule has 8 aromatic rings. The van der Waals surface area contributed by atoms with Gasteiger partial charge < -0.3 is 53.7 Å². The van der Waals surface area contributed by atoms with Crippen molar-refractivity contribution < 1.29 is 28.5 Å². The number of aromatic nitrogens is 9. The standard InChI is InChI=1S/C14H12ClN5O2.C9H9BrN2O.C9H11N3O.C6H7BrN2O.C5H11BrO.CH4/c1-8-6-20-7-9(3-11(22-2)13(20)18-8)19-14(21)10-4-17-12(15)5-16-10;2*1-6-4-12-5-7(10)3-8(13-2)9(12)11-6;1-10-5-2-4(7)3-9-6(5)8;1-5(2,4-6)7-3;/h3-7H,1-2H3,(H,19,21);3-5H,1-2H3;3-5H,10H2,1-2H3;2-3H,1H3,(H2,8,9);4H2,1-3H3;1H4. The van der Waals surface area contributed by atoms with Crippen LogP contribution in [0.3, 0.4) is 0 Å². The molecule has 0 aliphatic rings. The number of anilines is 3. The van der Waals surface area contributed by atoms with E-state index in [-0.39, 0.29) is 29.8 Å². The normalized spacial score (nSPS) is 10.5. The number of pyridine rings is 4. The molecule has 0 fully saturated rings. The number of aryl methyl sites for hydroxylation is 3. The third-order valence-corrected chi connectivity index (χ3v) is 11.0. The predicted octanol–water partition coefficient (Wildman–Crippen LogP) is 9.87. The van der Waals surface area contributed by atoms with Gasteiger partial charge in [-0.1, -0.05) is 35.0 Å². The van der Waals surface area contributed by atoms with E-state index in [0.717, 1.165) is 48.4 Å². The smallest absolute Gasteiger partial charge is 0.275 e. The molecule has 5 N–H and O–H groups in total. The fourth-order valence-corrected chi connectivity index (χ4v) is 6.42. The monoisotopic (exact) mass is 1120 g/mol. The minimum absolute atomic E-state index is 0. The number of nitrogens with zero attached hydrogens (tertiary/aromatic N) is 9. The van der Waals surface area contributed by atoms with Crippen LogP contribution < -0.4 is 35.7 Å². The summed E-state index contributed by atoms with van der Waals surface area (Å²) in [5, 5.41) is 3.86. The Morgan fingerprint density at radius 2 is 1.15 bits per heavy atom. The Kier molecular flexibility index (Phi) is 20.9. The van der Waals surface area contributed by atoms with Gasteiger partial charge in [-0.2, -0.15) is 0 Å². The van der Waals surface area contributed by atoms with Gasteiger partial charge in [-0.25, -0.2) is 29.9 Å². The highest BCUT2D eigenvalue weighted by molar-refractivity contribution is 9.10. The molecule has 0 saturated heterocycles. The molecule has 0 aliphatic heterocycles. The first-order valence-corrected chi connectivity index (χ1v) is 22.3. The van der Waals surface area contributed by atoms with Gasteiger partial charge >= 0.3 is 0 Å². The van der Waals surface area contributed by atoms with Gasteiger partial charge in [0, 0.05) is 76.9 Å². The number of nitrogens with two attached hydrogens (primary N) is 2. The summed E-state index contributed by atoms with van der Waals surface area (Å²) < 4.78 is 33.1. The van der Waals surface area contributed by atoms with Gasteiger partial charge in [-0.3, -0.25) is 4.79 Å². The molecule has 0 aromatic carbocycles. The third-order valence-electron chi connectivity index (χ3n) is 8.61. The minimum Gasteiger partial charge on any atom is -0.493 e. The van der Waals surface area contributed by atoms with Crippen molar-refractivity contribution in [1.82, 2.24) is 43.1 Å². The van der Waals surface area contributed by atoms with E-state index in [1.807, 2.05) is 80.5 Å². The van der Waals surface area contributed by atoms with Crippen molar-refractivity contribution in [3.05, 3.63) is 117 Å². The van der Waals surface area contributed by atoms with E-state index in [2.05, 4.69) is 83.0 Å².